The summed E-state index contributed by atoms with van der Waals surface area (Å²) in [6.07, 6.45) is 3.08. The zero-order valence-corrected chi connectivity index (χ0v) is 17.3. The standard InChI is InChI=1S/C21H29NO6/c1-20(2)25-13-17(27-20)18-16(26-21(3,4)28-18)11-10-14-8-7-9-15(12-14)19(23)22(5)24-6/h7-12,16-18H,13H2,1-6H3/b11-10+/t16-,17-,18+/m1/s1. The van der Waals surface area contributed by atoms with Crippen LogP contribution in [0.1, 0.15) is 43.6 Å². The van der Waals surface area contributed by atoms with Gasteiger partial charge in [-0.15, -0.1) is 0 Å². The van der Waals surface area contributed by atoms with Gasteiger partial charge in [0.1, 0.15) is 18.3 Å². The highest BCUT2D eigenvalue weighted by atomic mass is 16.8. The lowest BCUT2D eigenvalue weighted by atomic mass is 10.1. The Morgan fingerprint density at radius 1 is 1.18 bits per heavy atom. The molecule has 2 saturated heterocycles. The third-order valence-corrected chi connectivity index (χ3v) is 4.73. The van der Waals surface area contributed by atoms with Gasteiger partial charge in [0.15, 0.2) is 11.6 Å². The molecule has 3 rings (SSSR count). The van der Waals surface area contributed by atoms with E-state index in [1.807, 2.05) is 58.0 Å². The van der Waals surface area contributed by atoms with Gasteiger partial charge in [0.25, 0.3) is 5.91 Å². The fraction of sp³-hybridized carbons (Fsp3) is 0.571. The second-order valence-electron chi connectivity index (χ2n) is 7.90. The number of hydrogen-bond donors (Lipinski definition) is 0. The van der Waals surface area contributed by atoms with E-state index in [2.05, 4.69) is 0 Å². The van der Waals surface area contributed by atoms with Gasteiger partial charge in [0, 0.05) is 12.6 Å². The average molecular weight is 391 g/mol. The third-order valence-electron chi connectivity index (χ3n) is 4.73. The highest BCUT2D eigenvalue weighted by Crippen LogP contribution is 2.36. The lowest BCUT2D eigenvalue weighted by molar-refractivity contribution is -0.174. The molecule has 3 atom stereocenters. The van der Waals surface area contributed by atoms with Crippen molar-refractivity contribution in [3.63, 3.8) is 0 Å². The van der Waals surface area contributed by atoms with Crippen LogP contribution in [0.25, 0.3) is 6.08 Å². The Balaban J connectivity index is 1.75. The predicted molar refractivity (Wildman–Crippen MR) is 103 cm³/mol. The van der Waals surface area contributed by atoms with E-state index >= 15 is 0 Å². The van der Waals surface area contributed by atoms with Crippen LogP contribution in [-0.4, -0.2) is 61.6 Å². The average Bonchev–Trinajstić information content (AvgIpc) is 3.16. The molecular formula is C21H29NO6. The maximum atomic E-state index is 12.3. The Morgan fingerprint density at radius 3 is 2.57 bits per heavy atom. The Bertz CT molecular complexity index is 744. The van der Waals surface area contributed by atoms with Crippen molar-refractivity contribution >= 4 is 12.0 Å². The van der Waals surface area contributed by atoms with E-state index in [9.17, 15) is 4.79 Å². The number of hydroxylamine groups is 2. The molecule has 0 aliphatic carbocycles. The Kier molecular flexibility index (Phi) is 5.93. The molecule has 0 aromatic heterocycles. The molecular weight excluding hydrogens is 362 g/mol. The number of ether oxygens (including phenoxy) is 4. The molecule has 1 aromatic rings. The number of benzene rings is 1. The number of amides is 1. The summed E-state index contributed by atoms with van der Waals surface area (Å²) in [5.41, 5.74) is 1.42. The minimum atomic E-state index is -0.714. The van der Waals surface area contributed by atoms with E-state index < -0.39 is 11.6 Å². The molecule has 7 heteroatoms. The van der Waals surface area contributed by atoms with E-state index in [0.29, 0.717) is 12.2 Å². The van der Waals surface area contributed by atoms with E-state index in [1.165, 1.54) is 12.2 Å². The van der Waals surface area contributed by atoms with Crippen molar-refractivity contribution < 1.29 is 28.6 Å². The molecule has 0 bridgehead atoms. The second-order valence-corrected chi connectivity index (χ2v) is 7.90. The van der Waals surface area contributed by atoms with Crippen LogP contribution < -0.4 is 0 Å². The molecule has 0 saturated carbocycles. The molecule has 28 heavy (non-hydrogen) atoms. The maximum absolute atomic E-state index is 12.3. The highest BCUT2D eigenvalue weighted by molar-refractivity contribution is 5.93. The van der Waals surface area contributed by atoms with Gasteiger partial charge in [0.05, 0.1) is 13.7 Å². The summed E-state index contributed by atoms with van der Waals surface area (Å²) in [6.45, 7) is 7.99. The molecule has 2 fully saturated rings. The smallest absolute Gasteiger partial charge is 0.277 e. The van der Waals surface area contributed by atoms with Crippen LogP contribution in [-0.2, 0) is 23.8 Å². The molecule has 2 heterocycles. The molecule has 2 aliphatic heterocycles. The molecule has 1 amide bonds. The fourth-order valence-corrected chi connectivity index (χ4v) is 3.38. The van der Waals surface area contributed by atoms with Crippen LogP contribution >= 0.6 is 0 Å². The van der Waals surface area contributed by atoms with Gasteiger partial charge in [-0.3, -0.25) is 9.63 Å². The summed E-state index contributed by atoms with van der Waals surface area (Å²) in [7, 11) is 3.03. The first-order chi connectivity index (χ1) is 13.1. The summed E-state index contributed by atoms with van der Waals surface area (Å²) < 4.78 is 23.8. The largest absolute Gasteiger partial charge is 0.348 e. The topological polar surface area (TPSA) is 66.5 Å². The van der Waals surface area contributed by atoms with Crippen molar-refractivity contribution in [1.29, 1.82) is 0 Å². The minimum absolute atomic E-state index is 0.212. The summed E-state index contributed by atoms with van der Waals surface area (Å²) in [4.78, 5) is 17.2. The van der Waals surface area contributed by atoms with Crippen LogP contribution in [0.2, 0.25) is 0 Å². The lowest BCUT2D eigenvalue weighted by Gasteiger charge is -2.22. The van der Waals surface area contributed by atoms with Crippen molar-refractivity contribution in [2.45, 2.75) is 57.6 Å². The van der Waals surface area contributed by atoms with Crippen molar-refractivity contribution in [3.8, 4) is 0 Å². The first-order valence-corrected chi connectivity index (χ1v) is 9.38. The fourth-order valence-electron chi connectivity index (χ4n) is 3.38. The zero-order chi connectivity index (χ0) is 20.5. The van der Waals surface area contributed by atoms with Crippen LogP contribution in [0.4, 0.5) is 0 Å². The number of hydrogen-bond acceptors (Lipinski definition) is 6. The van der Waals surface area contributed by atoms with E-state index in [-0.39, 0.29) is 24.2 Å². The first-order valence-electron chi connectivity index (χ1n) is 9.38. The van der Waals surface area contributed by atoms with Crippen molar-refractivity contribution in [2.24, 2.45) is 0 Å². The first kappa shape index (κ1) is 21.0. The van der Waals surface area contributed by atoms with Gasteiger partial charge in [-0.05, 0) is 45.4 Å². The molecule has 2 aliphatic rings. The summed E-state index contributed by atoms with van der Waals surface area (Å²) in [5.74, 6) is -1.55. The molecule has 7 nitrogen and oxygen atoms in total. The van der Waals surface area contributed by atoms with Gasteiger partial charge in [-0.2, -0.15) is 0 Å². The van der Waals surface area contributed by atoms with Crippen LogP contribution in [0.3, 0.4) is 0 Å². The second kappa shape index (κ2) is 7.93. The van der Waals surface area contributed by atoms with E-state index in [0.717, 1.165) is 5.56 Å². The van der Waals surface area contributed by atoms with Gasteiger partial charge in [-0.25, -0.2) is 5.06 Å². The summed E-state index contributed by atoms with van der Waals surface area (Å²) in [6, 6.07) is 7.32. The number of carbonyl (C=O) groups is 1. The van der Waals surface area contributed by atoms with Crippen LogP contribution in [0, 0.1) is 0 Å². The lowest BCUT2D eigenvalue weighted by Crippen LogP contribution is -2.37. The van der Waals surface area contributed by atoms with Crippen molar-refractivity contribution in [2.75, 3.05) is 20.8 Å². The Labute approximate surface area is 166 Å². The minimum Gasteiger partial charge on any atom is -0.348 e. The molecule has 154 valence electrons. The third kappa shape index (κ3) is 4.79. The number of nitrogens with zero attached hydrogens (tertiary/aromatic N) is 1. The maximum Gasteiger partial charge on any atom is 0.277 e. The van der Waals surface area contributed by atoms with Gasteiger partial charge in [-0.1, -0.05) is 24.3 Å². The Hall–Kier alpha value is -1.77. The predicted octanol–water partition coefficient (Wildman–Crippen LogP) is 3.00. The Morgan fingerprint density at radius 2 is 1.93 bits per heavy atom. The van der Waals surface area contributed by atoms with Crippen molar-refractivity contribution in [3.05, 3.63) is 41.5 Å². The summed E-state index contributed by atoms with van der Waals surface area (Å²) in [5, 5.41) is 1.19. The SMILES string of the molecule is CON(C)C(=O)c1cccc(/C=C/[C@H]2OC(C)(C)O[C@@H]2[C@H]2COC(C)(C)O2)c1. The molecule has 0 radical (unpaired) electrons. The monoisotopic (exact) mass is 391 g/mol. The zero-order valence-electron chi connectivity index (χ0n) is 17.3. The van der Waals surface area contributed by atoms with E-state index in [1.54, 1.807) is 13.1 Å². The molecule has 0 N–H and O–H groups in total. The quantitative estimate of drug-likeness (QED) is 0.719. The molecule has 0 spiro atoms. The number of carbonyl (C=O) groups excluding carboxylic acids is 1. The van der Waals surface area contributed by atoms with Gasteiger partial charge in [0.2, 0.25) is 0 Å². The van der Waals surface area contributed by atoms with Gasteiger partial charge < -0.3 is 18.9 Å². The normalized spacial score (nSPS) is 28.7. The van der Waals surface area contributed by atoms with E-state index in [4.69, 9.17) is 23.8 Å². The van der Waals surface area contributed by atoms with Crippen molar-refractivity contribution in [1.82, 2.24) is 5.06 Å². The van der Waals surface area contributed by atoms with Crippen LogP contribution in [0.15, 0.2) is 30.3 Å². The summed E-state index contributed by atoms with van der Waals surface area (Å²) >= 11 is 0. The molecule has 0 unspecified atom stereocenters. The number of rotatable bonds is 5. The molecule has 1 aromatic carbocycles. The highest BCUT2D eigenvalue weighted by Gasteiger charge is 2.48. The van der Waals surface area contributed by atoms with Gasteiger partial charge >= 0.3 is 0 Å². The van der Waals surface area contributed by atoms with Crippen LogP contribution in [0.5, 0.6) is 0 Å².